The lowest BCUT2D eigenvalue weighted by molar-refractivity contribution is -0.873. The molecule has 3 atom stereocenters. The second-order valence-electron chi connectivity index (χ2n) is 8.81. The molecule has 0 aromatic carbocycles. The molecule has 2 unspecified atom stereocenters. The van der Waals surface area contributed by atoms with Gasteiger partial charge in [0.05, 0.1) is 40.3 Å². The number of hydrogen-bond acceptors (Lipinski definition) is 6. The van der Waals surface area contributed by atoms with Gasteiger partial charge in [-0.05, 0) is 32.6 Å². The first kappa shape index (κ1) is 31.8. The van der Waals surface area contributed by atoms with E-state index in [1.165, 1.54) is 32.1 Å². The molecule has 0 aliphatic heterocycles. The minimum atomic E-state index is -2.05. The number of ether oxygens (including phenoxy) is 1. The third-order valence-corrected chi connectivity index (χ3v) is 5.38. The van der Waals surface area contributed by atoms with Gasteiger partial charge in [-0.1, -0.05) is 39.0 Å². The van der Waals surface area contributed by atoms with Crippen molar-refractivity contribution >= 4 is 14.6 Å². The molecule has 0 saturated heterocycles. The smallest absolute Gasteiger partial charge is 0.330 e. The molecule has 3 N–H and O–H groups in total. The molecule has 0 aliphatic carbocycles. The van der Waals surface area contributed by atoms with Gasteiger partial charge < -0.3 is 33.7 Å². The highest BCUT2D eigenvalue weighted by atomic mass is 31.2. The van der Waals surface area contributed by atoms with E-state index in [0.29, 0.717) is 23.7 Å². The summed E-state index contributed by atoms with van der Waals surface area (Å²) in [5.74, 6) is -0.943. The molecule has 0 amide bonds. The van der Waals surface area contributed by atoms with Crippen LogP contribution in [0.15, 0.2) is 0 Å². The Kier molecular flexibility index (Phi) is 20.5. The lowest BCUT2D eigenvalue weighted by Gasteiger charge is -2.29. The number of carboxylic acids is 1. The van der Waals surface area contributed by atoms with E-state index in [1.807, 2.05) is 21.1 Å². The zero-order chi connectivity index (χ0) is 22.1. The molecule has 0 saturated carbocycles. The van der Waals surface area contributed by atoms with E-state index in [4.69, 9.17) is 18.9 Å². The summed E-state index contributed by atoms with van der Waals surface area (Å²) >= 11 is 0. The molecule has 0 fully saturated rings. The van der Waals surface area contributed by atoms with Crippen molar-refractivity contribution in [1.29, 1.82) is 0 Å². The minimum Gasteiger partial charge on any atom is -0.870 e. The fourth-order valence-corrected chi connectivity index (χ4v) is 3.77. The summed E-state index contributed by atoms with van der Waals surface area (Å²) < 4.78 is 17.2. The summed E-state index contributed by atoms with van der Waals surface area (Å²) in [7, 11) is 3.80. The summed E-state index contributed by atoms with van der Waals surface area (Å²) in [5.41, 5.74) is 0. The number of quaternary nitrogens is 1. The van der Waals surface area contributed by atoms with Crippen molar-refractivity contribution < 1.29 is 38.5 Å². The zero-order valence-corrected chi connectivity index (χ0v) is 20.6. The molecule has 0 aliphatic rings. The number of nitrogens with zero attached hydrogens (tertiary/aromatic N) is 1. The van der Waals surface area contributed by atoms with E-state index in [-0.39, 0.29) is 11.9 Å². The van der Waals surface area contributed by atoms with E-state index in [0.717, 1.165) is 32.3 Å². The average molecular weight is 456 g/mol. The summed E-state index contributed by atoms with van der Waals surface area (Å²) in [4.78, 5) is 20.9. The van der Waals surface area contributed by atoms with Gasteiger partial charge in [0.25, 0.3) is 0 Å². The van der Waals surface area contributed by atoms with Crippen LogP contribution in [-0.2, 0) is 18.6 Å². The molecule has 30 heavy (non-hydrogen) atoms. The number of carboxylic acid groups (broad SMARTS) is 1. The van der Waals surface area contributed by atoms with Gasteiger partial charge >= 0.3 is 14.6 Å². The van der Waals surface area contributed by atoms with Crippen molar-refractivity contribution in [3.05, 3.63) is 0 Å². The number of aliphatic carboxylic acids is 1. The Morgan fingerprint density at radius 2 is 1.60 bits per heavy atom. The van der Waals surface area contributed by atoms with E-state index in [1.54, 1.807) is 0 Å². The van der Waals surface area contributed by atoms with Crippen LogP contribution in [0.3, 0.4) is 0 Å². The Morgan fingerprint density at radius 3 is 2.20 bits per heavy atom. The Morgan fingerprint density at radius 1 is 1.00 bits per heavy atom. The van der Waals surface area contributed by atoms with Crippen molar-refractivity contribution in [2.24, 2.45) is 0 Å². The monoisotopic (exact) mass is 455 g/mol. The Bertz CT molecular complexity index is 407. The molecule has 0 radical (unpaired) electrons. The molecule has 8 nitrogen and oxygen atoms in total. The van der Waals surface area contributed by atoms with E-state index >= 15 is 0 Å². The van der Waals surface area contributed by atoms with Crippen molar-refractivity contribution in [1.82, 2.24) is 0 Å². The second-order valence-corrected chi connectivity index (χ2v) is 9.76. The molecule has 0 heterocycles. The first-order chi connectivity index (χ1) is 13.6. The highest BCUT2D eigenvalue weighted by Gasteiger charge is 2.25. The second kappa shape index (κ2) is 19.4. The molecular formula is C21H46NO7P. The summed E-state index contributed by atoms with van der Waals surface area (Å²) in [6.45, 7) is 6.02. The summed E-state index contributed by atoms with van der Waals surface area (Å²) in [5, 5.41) is 9.00. The molecule has 0 spiro atoms. The number of hydrogen-bond donors (Lipinski definition) is 2. The highest BCUT2D eigenvalue weighted by Crippen LogP contribution is 2.36. The first-order valence-corrected chi connectivity index (χ1v) is 12.2. The number of unbranched alkanes of at least 4 members (excludes halogenated alkanes) is 6. The van der Waals surface area contributed by atoms with Crippen molar-refractivity contribution in [2.45, 2.75) is 90.3 Å². The summed E-state index contributed by atoms with van der Waals surface area (Å²) in [6, 6.07) is 0. The van der Waals surface area contributed by atoms with Crippen LogP contribution in [0, 0.1) is 0 Å². The number of likely N-dealkylation sites (N-methyl/N-ethyl adjacent to an activating group) is 1. The SMILES string of the molecule is CCCCCCCC(C)OCCCCCO[P@](O)OC(CC(=O)O)C[N+](C)(C)C.[OH-]. The van der Waals surface area contributed by atoms with Crippen molar-refractivity contribution in [3.63, 3.8) is 0 Å². The predicted molar refractivity (Wildman–Crippen MR) is 120 cm³/mol. The van der Waals surface area contributed by atoms with Crippen LogP contribution in [0.1, 0.15) is 78.1 Å². The van der Waals surface area contributed by atoms with Gasteiger partial charge in [-0.3, -0.25) is 4.79 Å². The standard InChI is InChI=1S/C21H44NO6P.H2O/c1-6-7-8-9-11-14-19(2)26-15-12-10-13-16-27-29(25)28-20(17-21(23)24)18-22(3,4)5;/h19-20,25H,6-18H2,1-5H3;1H2/t19?,20?,29-;/m0./s1. The third-order valence-electron chi connectivity index (χ3n) is 4.50. The van der Waals surface area contributed by atoms with Gasteiger partial charge in [0.1, 0.15) is 12.6 Å². The normalized spacial score (nSPS) is 14.7. The number of carbonyl (C=O) groups is 1. The van der Waals surface area contributed by atoms with Gasteiger partial charge in [0, 0.05) is 6.61 Å². The molecule has 0 bridgehead atoms. The van der Waals surface area contributed by atoms with Crippen LogP contribution in [0.5, 0.6) is 0 Å². The maximum atomic E-state index is 11.0. The van der Waals surface area contributed by atoms with Crippen molar-refractivity contribution in [3.8, 4) is 0 Å². The minimum absolute atomic E-state index is 0. The lowest BCUT2D eigenvalue weighted by Crippen LogP contribution is -2.42. The van der Waals surface area contributed by atoms with Gasteiger partial charge in [-0.2, -0.15) is 0 Å². The third kappa shape index (κ3) is 22.3. The Hall–Kier alpha value is -0.340. The van der Waals surface area contributed by atoms with Crippen LogP contribution in [-0.4, -0.2) is 79.0 Å². The summed E-state index contributed by atoms with van der Waals surface area (Å²) in [6.07, 6.45) is 9.95. The van der Waals surface area contributed by atoms with Gasteiger partial charge in [-0.25, -0.2) is 0 Å². The van der Waals surface area contributed by atoms with Crippen LogP contribution in [0.4, 0.5) is 0 Å². The highest BCUT2D eigenvalue weighted by molar-refractivity contribution is 7.40. The fraction of sp³-hybridized carbons (Fsp3) is 0.952. The van der Waals surface area contributed by atoms with E-state index in [9.17, 15) is 9.69 Å². The van der Waals surface area contributed by atoms with Crippen LogP contribution < -0.4 is 0 Å². The largest absolute Gasteiger partial charge is 0.870 e. The molecule has 0 aromatic heterocycles. The van der Waals surface area contributed by atoms with E-state index in [2.05, 4.69) is 13.8 Å². The Labute approximate surface area is 184 Å². The van der Waals surface area contributed by atoms with Crippen LogP contribution in [0.25, 0.3) is 0 Å². The maximum absolute atomic E-state index is 11.0. The Balaban J connectivity index is 0. The number of rotatable bonds is 20. The molecule has 0 aromatic rings. The first-order valence-electron chi connectivity index (χ1n) is 11.1. The lowest BCUT2D eigenvalue weighted by atomic mass is 10.1. The van der Waals surface area contributed by atoms with Crippen molar-refractivity contribution in [2.75, 3.05) is 40.9 Å². The molecular weight excluding hydrogens is 409 g/mol. The van der Waals surface area contributed by atoms with Gasteiger partial charge in [-0.15, -0.1) is 0 Å². The predicted octanol–water partition coefficient (Wildman–Crippen LogP) is 4.55. The molecule has 0 rings (SSSR count). The average Bonchev–Trinajstić information content (AvgIpc) is 2.58. The maximum Gasteiger partial charge on any atom is 0.330 e. The van der Waals surface area contributed by atoms with Crippen LogP contribution >= 0.6 is 8.60 Å². The topological polar surface area (TPSA) is 115 Å². The van der Waals surface area contributed by atoms with Gasteiger partial charge in [0.2, 0.25) is 0 Å². The molecule has 182 valence electrons. The van der Waals surface area contributed by atoms with Crippen LogP contribution in [0.2, 0.25) is 0 Å². The van der Waals surface area contributed by atoms with E-state index < -0.39 is 20.7 Å². The zero-order valence-electron chi connectivity index (χ0n) is 19.7. The van der Waals surface area contributed by atoms with Gasteiger partial charge in [0.15, 0.2) is 0 Å². The quantitative estimate of drug-likeness (QED) is 0.157. The molecule has 9 heteroatoms. The fourth-order valence-electron chi connectivity index (χ4n) is 3.03.